The van der Waals surface area contributed by atoms with Crippen molar-refractivity contribution < 1.29 is 22.0 Å². The average molecular weight is 450 g/mol. The Kier molecular flexibility index (Phi) is 5.58. The number of halogens is 2. The fourth-order valence-electron chi connectivity index (χ4n) is 2.81. The van der Waals surface area contributed by atoms with Crippen molar-refractivity contribution in [3.63, 3.8) is 0 Å². The van der Waals surface area contributed by atoms with E-state index in [1.165, 1.54) is 24.3 Å². The lowest BCUT2D eigenvalue weighted by Crippen LogP contribution is -2.39. The summed E-state index contributed by atoms with van der Waals surface area (Å²) in [7, 11) is -3.85. The minimum atomic E-state index is -3.85. The first-order valence-corrected chi connectivity index (χ1v) is 11.3. The summed E-state index contributed by atoms with van der Waals surface area (Å²) in [5.41, 5.74) is 0.181. The van der Waals surface area contributed by atoms with Gasteiger partial charge in [0.2, 0.25) is 15.2 Å². The number of hydrogen-bond donors (Lipinski definition) is 2. The van der Waals surface area contributed by atoms with Gasteiger partial charge in [-0.15, -0.1) is 10.2 Å². The van der Waals surface area contributed by atoms with Crippen molar-refractivity contribution in [1.29, 1.82) is 0 Å². The number of benzene rings is 2. The molecule has 0 bridgehead atoms. The van der Waals surface area contributed by atoms with Gasteiger partial charge in [0.05, 0.1) is 10.5 Å². The third-order valence-corrected chi connectivity index (χ3v) is 7.06. The van der Waals surface area contributed by atoms with Gasteiger partial charge in [-0.25, -0.2) is 21.9 Å². The van der Waals surface area contributed by atoms with Crippen LogP contribution in [0.5, 0.6) is 0 Å². The van der Waals surface area contributed by atoms with Crippen LogP contribution in [-0.2, 0) is 10.0 Å². The van der Waals surface area contributed by atoms with Crippen molar-refractivity contribution in [2.24, 2.45) is 0 Å². The van der Waals surface area contributed by atoms with E-state index in [9.17, 15) is 22.0 Å². The zero-order valence-electron chi connectivity index (χ0n) is 15.4. The van der Waals surface area contributed by atoms with Crippen LogP contribution in [0, 0.1) is 11.6 Å². The normalized spacial score (nSPS) is 14.3. The molecule has 1 fully saturated rings. The number of amides is 1. The van der Waals surface area contributed by atoms with Crippen LogP contribution >= 0.6 is 11.3 Å². The highest BCUT2D eigenvalue weighted by molar-refractivity contribution is 7.89. The molecule has 1 amide bonds. The molecule has 1 aliphatic carbocycles. The average Bonchev–Trinajstić information content (AvgIpc) is 3.14. The van der Waals surface area contributed by atoms with E-state index >= 15 is 0 Å². The van der Waals surface area contributed by atoms with E-state index in [1.807, 2.05) is 0 Å². The molecule has 1 aliphatic rings. The van der Waals surface area contributed by atoms with Crippen LogP contribution in [0.3, 0.4) is 0 Å². The Balaban J connectivity index is 1.53. The molecule has 4 rings (SSSR count). The minimum Gasteiger partial charge on any atom is -0.296 e. The molecule has 11 heteroatoms. The molecule has 1 aromatic heterocycles. The van der Waals surface area contributed by atoms with Gasteiger partial charge in [-0.1, -0.05) is 17.8 Å². The Morgan fingerprint density at radius 2 is 1.80 bits per heavy atom. The number of carbonyl (C=O) groups is 1. The Morgan fingerprint density at radius 1 is 1.07 bits per heavy atom. The molecule has 7 nitrogen and oxygen atoms in total. The van der Waals surface area contributed by atoms with E-state index in [0.29, 0.717) is 10.6 Å². The summed E-state index contributed by atoms with van der Waals surface area (Å²) in [6.07, 6.45) is 2.45. The lowest BCUT2D eigenvalue weighted by atomic mass is 9.94. The van der Waals surface area contributed by atoms with Gasteiger partial charge < -0.3 is 0 Å². The molecule has 2 N–H and O–H groups in total. The number of sulfonamides is 1. The molecular weight excluding hydrogens is 434 g/mol. The SMILES string of the molecule is O=C(Nc1nnc(-c2ccc(F)cc2)s1)c1cc(S(=O)(=O)NC2CCC2)ccc1F. The second kappa shape index (κ2) is 8.17. The second-order valence-electron chi connectivity index (χ2n) is 6.76. The molecule has 3 aromatic rings. The maximum Gasteiger partial charge on any atom is 0.260 e. The number of carbonyl (C=O) groups excluding carboxylic acids is 1. The van der Waals surface area contributed by atoms with Gasteiger partial charge in [-0.05, 0) is 55.3 Å². The molecule has 0 radical (unpaired) electrons. The minimum absolute atomic E-state index is 0.0968. The van der Waals surface area contributed by atoms with E-state index in [2.05, 4.69) is 20.2 Å². The van der Waals surface area contributed by atoms with E-state index in [-0.39, 0.29) is 16.1 Å². The number of rotatable bonds is 6. The zero-order valence-corrected chi connectivity index (χ0v) is 17.1. The molecule has 30 heavy (non-hydrogen) atoms. The summed E-state index contributed by atoms with van der Waals surface area (Å²) in [5.74, 6) is -2.11. The molecule has 0 saturated heterocycles. The van der Waals surface area contributed by atoms with Crippen molar-refractivity contribution in [1.82, 2.24) is 14.9 Å². The highest BCUT2D eigenvalue weighted by Crippen LogP contribution is 2.27. The van der Waals surface area contributed by atoms with Crippen molar-refractivity contribution in [2.75, 3.05) is 5.32 Å². The summed E-state index contributed by atoms with van der Waals surface area (Å²) in [4.78, 5) is 12.3. The van der Waals surface area contributed by atoms with E-state index < -0.39 is 33.1 Å². The Bertz CT molecular complexity index is 1190. The van der Waals surface area contributed by atoms with Gasteiger partial charge >= 0.3 is 0 Å². The maximum atomic E-state index is 14.2. The summed E-state index contributed by atoms with van der Waals surface area (Å²) < 4.78 is 54.7. The molecule has 0 spiro atoms. The van der Waals surface area contributed by atoms with Crippen LogP contribution in [0.2, 0.25) is 0 Å². The molecule has 0 aliphatic heterocycles. The van der Waals surface area contributed by atoms with E-state index in [1.54, 1.807) is 0 Å². The summed E-state index contributed by atoms with van der Waals surface area (Å²) in [5, 5.41) is 10.7. The molecule has 0 unspecified atom stereocenters. The largest absolute Gasteiger partial charge is 0.296 e. The van der Waals surface area contributed by atoms with Crippen LogP contribution in [0.25, 0.3) is 10.6 Å². The van der Waals surface area contributed by atoms with Crippen molar-refractivity contribution in [3.8, 4) is 10.6 Å². The smallest absolute Gasteiger partial charge is 0.260 e. The van der Waals surface area contributed by atoms with Gasteiger partial charge in [0.15, 0.2) is 0 Å². The van der Waals surface area contributed by atoms with Gasteiger partial charge in [-0.3, -0.25) is 10.1 Å². The molecule has 156 valence electrons. The van der Waals surface area contributed by atoms with Gasteiger partial charge in [0.1, 0.15) is 16.6 Å². The molecule has 1 saturated carbocycles. The fourth-order valence-corrected chi connectivity index (χ4v) is 4.88. The monoisotopic (exact) mass is 450 g/mol. The van der Waals surface area contributed by atoms with Gasteiger partial charge in [-0.2, -0.15) is 0 Å². The summed E-state index contributed by atoms with van der Waals surface area (Å²) >= 11 is 1.02. The van der Waals surface area contributed by atoms with E-state index in [4.69, 9.17) is 0 Å². The predicted octanol–water partition coefficient (Wildman–Crippen LogP) is 3.57. The Morgan fingerprint density at radius 3 is 2.47 bits per heavy atom. The first kappa shape index (κ1) is 20.5. The summed E-state index contributed by atoms with van der Waals surface area (Å²) in [6.45, 7) is 0. The van der Waals surface area contributed by atoms with E-state index in [0.717, 1.165) is 48.8 Å². The Hall–Kier alpha value is -2.76. The third kappa shape index (κ3) is 4.37. The molecule has 1 heterocycles. The van der Waals surface area contributed by atoms with Gasteiger partial charge in [0.25, 0.3) is 5.91 Å². The first-order chi connectivity index (χ1) is 14.3. The number of nitrogens with one attached hydrogen (secondary N) is 2. The standard InChI is InChI=1S/C19H16F2N4O3S2/c20-12-6-4-11(5-7-12)18-23-24-19(29-18)22-17(26)15-10-14(8-9-16(15)21)30(27,28)25-13-2-1-3-13/h4-10,13,25H,1-3H2,(H,22,24,26). The quantitative estimate of drug-likeness (QED) is 0.598. The predicted molar refractivity (Wildman–Crippen MR) is 108 cm³/mol. The zero-order chi connectivity index (χ0) is 21.3. The molecular formula is C19H16F2N4O3S2. The highest BCUT2D eigenvalue weighted by Gasteiger charge is 2.26. The number of nitrogens with zero attached hydrogens (tertiary/aromatic N) is 2. The lowest BCUT2D eigenvalue weighted by Gasteiger charge is -2.26. The number of hydrogen-bond acceptors (Lipinski definition) is 6. The van der Waals surface area contributed by atoms with Crippen LogP contribution < -0.4 is 10.0 Å². The topological polar surface area (TPSA) is 101 Å². The lowest BCUT2D eigenvalue weighted by molar-refractivity contribution is 0.102. The number of aromatic nitrogens is 2. The van der Waals surface area contributed by atoms with Crippen LogP contribution in [0.4, 0.5) is 13.9 Å². The number of anilines is 1. The fraction of sp³-hybridized carbons (Fsp3) is 0.211. The van der Waals surface area contributed by atoms with Crippen molar-refractivity contribution in [2.45, 2.75) is 30.2 Å². The van der Waals surface area contributed by atoms with Crippen LogP contribution in [0.15, 0.2) is 47.4 Å². The van der Waals surface area contributed by atoms with Gasteiger partial charge in [0, 0.05) is 11.6 Å². The third-order valence-electron chi connectivity index (χ3n) is 4.66. The second-order valence-corrected chi connectivity index (χ2v) is 9.46. The van der Waals surface area contributed by atoms with Crippen molar-refractivity contribution in [3.05, 3.63) is 59.7 Å². The van der Waals surface area contributed by atoms with Crippen molar-refractivity contribution >= 4 is 32.4 Å². The molecule has 0 atom stereocenters. The van der Waals surface area contributed by atoms with Crippen LogP contribution in [-0.4, -0.2) is 30.6 Å². The Labute approximate surface area is 175 Å². The molecule has 2 aromatic carbocycles. The maximum absolute atomic E-state index is 14.2. The highest BCUT2D eigenvalue weighted by atomic mass is 32.2. The first-order valence-electron chi connectivity index (χ1n) is 9.04. The summed E-state index contributed by atoms with van der Waals surface area (Å²) in [6, 6.07) is 8.49. The van der Waals surface area contributed by atoms with Crippen LogP contribution in [0.1, 0.15) is 29.6 Å².